The molecule has 2 rings (SSSR count). The van der Waals surface area contributed by atoms with Crippen LogP contribution >= 0.6 is 0 Å². The molecule has 1 heteroatoms. The van der Waals surface area contributed by atoms with Crippen LogP contribution < -0.4 is 0 Å². The maximum atomic E-state index is 10.3. The lowest BCUT2D eigenvalue weighted by Gasteiger charge is -2.02. The summed E-state index contributed by atoms with van der Waals surface area (Å²) in [5, 5.41) is 0. The Morgan fingerprint density at radius 2 is 2.22 bits per heavy atom. The average Bonchev–Trinajstić information content (AvgIpc) is 2.60. The molecule has 0 bridgehead atoms. The summed E-state index contributed by atoms with van der Waals surface area (Å²) in [7, 11) is 0. The molecule has 0 saturated heterocycles. The Labute approximate surface area is 55.4 Å². The van der Waals surface area contributed by atoms with E-state index in [1.807, 2.05) is 0 Å². The normalized spacial score (nSPS) is 44.1. The molecule has 0 N–H and O–H groups in total. The fourth-order valence-corrected chi connectivity index (χ4v) is 1.73. The van der Waals surface area contributed by atoms with Gasteiger partial charge in [0.2, 0.25) is 0 Å². The summed E-state index contributed by atoms with van der Waals surface area (Å²) in [4.78, 5) is 10.3. The van der Waals surface area contributed by atoms with E-state index in [0.717, 1.165) is 12.2 Å². The lowest BCUT2D eigenvalue weighted by molar-refractivity contribution is -0.109. The fourth-order valence-electron chi connectivity index (χ4n) is 1.73. The highest BCUT2D eigenvalue weighted by Gasteiger charge is 2.55. The van der Waals surface area contributed by atoms with Crippen LogP contribution in [0, 0.1) is 17.3 Å². The van der Waals surface area contributed by atoms with Crippen molar-refractivity contribution in [2.75, 3.05) is 0 Å². The van der Waals surface area contributed by atoms with E-state index >= 15 is 0 Å². The predicted molar refractivity (Wildman–Crippen MR) is 35.0 cm³/mol. The summed E-state index contributed by atoms with van der Waals surface area (Å²) in [6.07, 6.45) is 5.04. The Balaban J connectivity index is 1.96. The fraction of sp³-hybridized carbons (Fsp3) is 0.875. The van der Waals surface area contributed by atoms with Crippen LogP contribution in [0.4, 0.5) is 0 Å². The third kappa shape index (κ3) is 0.707. The van der Waals surface area contributed by atoms with E-state index in [0.29, 0.717) is 11.3 Å². The Hall–Kier alpha value is -0.330. The highest BCUT2D eigenvalue weighted by molar-refractivity contribution is 5.58. The van der Waals surface area contributed by atoms with E-state index in [1.165, 1.54) is 19.3 Å². The van der Waals surface area contributed by atoms with Gasteiger partial charge in [0.1, 0.15) is 6.29 Å². The monoisotopic (exact) mass is 124 g/mol. The summed E-state index contributed by atoms with van der Waals surface area (Å²) in [5.74, 6) is 1.22. The number of hydrogen-bond donors (Lipinski definition) is 0. The molecule has 0 unspecified atom stereocenters. The second-order valence-electron chi connectivity index (χ2n) is 3.80. The van der Waals surface area contributed by atoms with E-state index in [1.54, 1.807) is 0 Å². The van der Waals surface area contributed by atoms with Gasteiger partial charge in [0, 0.05) is 5.92 Å². The predicted octanol–water partition coefficient (Wildman–Crippen LogP) is 1.62. The molecule has 2 aliphatic rings. The molecule has 0 radical (unpaired) electrons. The molecule has 2 aliphatic carbocycles. The van der Waals surface area contributed by atoms with Gasteiger partial charge in [-0.3, -0.25) is 0 Å². The minimum absolute atomic E-state index is 0.442. The van der Waals surface area contributed by atoms with Crippen molar-refractivity contribution in [2.24, 2.45) is 17.3 Å². The van der Waals surface area contributed by atoms with Gasteiger partial charge in [-0.2, -0.15) is 0 Å². The van der Waals surface area contributed by atoms with Crippen molar-refractivity contribution >= 4 is 6.29 Å². The Kier molecular flexibility index (Phi) is 0.842. The van der Waals surface area contributed by atoms with Crippen LogP contribution in [0.2, 0.25) is 0 Å². The molecule has 0 amide bonds. The third-order valence-corrected chi connectivity index (χ3v) is 2.95. The van der Waals surface area contributed by atoms with E-state index in [9.17, 15) is 4.79 Å². The first kappa shape index (κ1) is 5.45. The zero-order chi connectivity index (χ0) is 6.48. The van der Waals surface area contributed by atoms with Crippen LogP contribution in [0.25, 0.3) is 0 Å². The van der Waals surface area contributed by atoms with Gasteiger partial charge in [0.25, 0.3) is 0 Å². The van der Waals surface area contributed by atoms with Crippen LogP contribution in [0.1, 0.15) is 26.2 Å². The van der Waals surface area contributed by atoms with Gasteiger partial charge in [0.15, 0.2) is 0 Å². The summed E-state index contributed by atoms with van der Waals surface area (Å²) < 4.78 is 0. The summed E-state index contributed by atoms with van der Waals surface area (Å²) in [6, 6.07) is 0. The molecule has 0 spiro atoms. The molecular weight excluding hydrogens is 112 g/mol. The van der Waals surface area contributed by atoms with Gasteiger partial charge in [-0.05, 0) is 30.6 Å². The number of hydrogen-bond acceptors (Lipinski definition) is 1. The van der Waals surface area contributed by atoms with Gasteiger partial charge in [-0.1, -0.05) is 6.92 Å². The first-order valence-electron chi connectivity index (χ1n) is 3.71. The van der Waals surface area contributed by atoms with Crippen molar-refractivity contribution in [3.63, 3.8) is 0 Å². The molecule has 2 saturated carbocycles. The van der Waals surface area contributed by atoms with E-state index < -0.39 is 0 Å². The second kappa shape index (κ2) is 1.39. The topological polar surface area (TPSA) is 17.1 Å². The van der Waals surface area contributed by atoms with Crippen molar-refractivity contribution in [3.05, 3.63) is 0 Å². The van der Waals surface area contributed by atoms with Crippen LogP contribution in [0.15, 0.2) is 0 Å². The lowest BCUT2D eigenvalue weighted by Crippen LogP contribution is -1.98. The van der Waals surface area contributed by atoms with E-state index in [-0.39, 0.29) is 0 Å². The third-order valence-electron chi connectivity index (χ3n) is 2.95. The average molecular weight is 124 g/mol. The first-order valence-corrected chi connectivity index (χ1v) is 3.71. The van der Waals surface area contributed by atoms with Crippen molar-refractivity contribution in [1.29, 1.82) is 0 Å². The van der Waals surface area contributed by atoms with Gasteiger partial charge in [-0.25, -0.2) is 0 Å². The molecule has 2 fully saturated rings. The van der Waals surface area contributed by atoms with Crippen molar-refractivity contribution < 1.29 is 4.79 Å². The smallest absolute Gasteiger partial charge is 0.123 e. The van der Waals surface area contributed by atoms with Gasteiger partial charge < -0.3 is 4.79 Å². The quantitative estimate of drug-likeness (QED) is 0.511. The van der Waals surface area contributed by atoms with Gasteiger partial charge >= 0.3 is 0 Å². The lowest BCUT2D eigenvalue weighted by atomic mass is 10.0. The minimum atomic E-state index is 0.442. The van der Waals surface area contributed by atoms with Crippen LogP contribution in [0.5, 0.6) is 0 Å². The van der Waals surface area contributed by atoms with Crippen LogP contribution in [-0.2, 0) is 4.79 Å². The Morgan fingerprint density at radius 3 is 2.56 bits per heavy atom. The molecule has 0 aromatic heterocycles. The van der Waals surface area contributed by atoms with E-state index in [4.69, 9.17) is 0 Å². The number of rotatable bonds is 2. The first-order chi connectivity index (χ1) is 4.26. The Bertz CT molecular complexity index is 147. The standard InChI is InChI=1S/C8H12O/c1-8(2-3-8)7-4-6(7)5-9/h5-7H,2-4H2,1H3/t6-,7+/m1/s1. The molecular formula is C8H12O. The molecule has 1 nitrogen and oxygen atoms in total. The van der Waals surface area contributed by atoms with Crippen molar-refractivity contribution in [1.82, 2.24) is 0 Å². The van der Waals surface area contributed by atoms with Crippen molar-refractivity contribution in [2.45, 2.75) is 26.2 Å². The van der Waals surface area contributed by atoms with Gasteiger partial charge in [-0.15, -0.1) is 0 Å². The maximum Gasteiger partial charge on any atom is 0.123 e. The largest absolute Gasteiger partial charge is 0.303 e. The zero-order valence-electron chi connectivity index (χ0n) is 5.76. The summed E-state index contributed by atoms with van der Waals surface area (Å²) in [5.41, 5.74) is 0.603. The molecule has 2 atom stereocenters. The minimum Gasteiger partial charge on any atom is -0.303 e. The highest BCUT2D eigenvalue weighted by Crippen LogP contribution is 2.63. The maximum absolute atomic E-state index is 10.3. The van der Waals surface area contributed by atoms with Crippen molar-refractivity contribution in [3.8, 4) is 0 Å². The SMILES string of the molecule is CC1([C@H]2C[C@@H]2C=O)CC1. The van der Waals surface area contributed by atoms with E-state index in [2.05, 4.69) is 6.92 Å². The summed E-state index contributed by atoms with van der Waals surface area (Å²) >= 11 is 0. The molecule has 0 aliphatic heterocycles. The Morgan fingerprint density at radius 1 is 1.56 bits per heavy atom. The molecule has 50 valence electrons. The molecule has 0 aromatic rings. The highest BCUT2D eigenvalue weighted by atomic mass is 16.1. The molecule has 0 heterocycles. The molecule has 9 heavy (non-hydrogen) atoms. The second-order valence-corrected chi connectivity index (χ2v) is 3.80. The molecule has 0 aromatic carbocycles. The van der Waals surface area contributed by atoms with Gasteiger partial charge in [0.05, 0.1) is 0 Å². The van der Waals surface area contributed by atoms with Crippen LogP contribution in [-0.4, -0.2) is 6.29 Å². The zero-order valence-corrected chi connectivity index (χ0v) is 5.76. The number of aldehydes is 1. The number of carbonyl (C=O) groups is 1. The number of carbonyl (C=O) groups excluding carboxylic acids is 1. The summed E-state index contributed by atoms with van der Waals surface area (Å²) in [6.45, 7) is 2.31. The van der Waals surface area contributed by atoms with Crippen LogP contribution in [0.3, 0.4) is 0 Å².